The summed E-state index contributed by atoms with van der Waals surface area (Å²) in [6, 6.07) is 0. The molecule has 120 valence electrons. The Hall–Kier alpha value is -0.740. The monoisotopic (exact) mass is 335 g/mol. The van der Waals surface area contributed by atoms with E-state index in [0.29, 0.717) is 30.2 Å². The summed E-state index contributed by atoms with van der Waals surface area (Å²) in [4.78, 5) is 15.6. The third kappa shape index (κ3) is 3.92. The first-order valence-corrected chi connectivity index (χ1v) is 9.04. The van der Waals surface area contributed by atoms with Gasteiger partial charge in [-0.3, -0.25) is 9.69 Å². The molecule has 1 aliphatic heterocycles. The third-order valence-corrected chi connectivity index (χ3v) is 6.59. The molecule has 7 nitrogen and oxygen atoms in total. The molecule has 1 fully saturated rings. The highest BCUT2D eigenvalue weighted by Gasteiger charge is 2.30. The van der Waals surface area contributed by atoms with Crippen molar-refractivity contribution in [1.82, 2.24) is 14.6 Å². The van der Waals surface area contributed by atoms with Crippen LogP contribution in [-0.4, -0.2) is 56.7 Å². The predicted molar refractivity (Wildman–Crippen MR) is 81.3 cm³/mol. The summed E-state index contributed by atoms with van der Waals surface area (Å²) < 4.78 is 32.6. The van der Waals surface area contributed by atoms with Crippen molar-refractivity contribution in [2.24, 2.45) is 0 Å². The lowest BCUT2D eigenvalue weighted by atomic mass is 10.0. The summed E-state index contributed by atoms with van der Waals surface area (Å²) in [5, 5.41) is 0. The van der Waals surface area contributed by atoms with E-state index in [1.807, 2.05) is 13.8 Å². The van der Waals surface area contributed by atoms with E-state index in [9.17, 15) is 13.2 Å². The maximum Gasteiger partial charge on any atom is 0.305 e. The Bertz CT molecular complexity index is 642. The van der Waals surface area contributed by atoms with E-state index < -0.39 is 10.0 Å². The van der Waals surface area contributed by atoms with Crippen molar-refractivity contribution in [3.05, 3.63) is 15.4 Å². The molecule has 2 heterocycles. The minimum Gasteiger partial charge on any atom is -0.379 e. The number of nitrogens with zero attached hydrogens (tertiary/aromatic N) is 1. The highest BCUT2D eigenvalue weighted by molar-refractivity contribution is 7.91. The van der Waals surface area contributed by atoms with Crippen LogP contribution in [0.15, 0.2) is 9.00 Å². The number of thiazole rings is 1. The predicted octanol–water partition coefficient (Wildman–Crippen LogP) is 0.134. The molecule has 1 saturated heterocycles. The van der Waals surface area contributed by atoms with E-state index in [0.717, 1.165) is 13.1 Å². The van der Waals surface area contributed by atoms with Gasteiger partial charge in [0.1, 0.15) is 0 Å². The van der Waals surface area contributed by atoms with E-state index in [4.69, 9.17) is 4.74 Å². The van der Waals surface area contributed by atoms with Crippen molar-refractivity contribution in [3.8, 4) is 0 Å². The minimum absolute atomic E-state index is 0.0604. The van der Waals surface area contributed by atoms with E-state index in [-0.39, 0.29) is 21.2 Å². The van der Waals surface area contributed by atoms with Crippen molar-refractivity contribution in [2.45, 2.75) is 30.5 Å². The van der Waals surface area contributed by atoms with Gasteiger partial charge in [-0.15, -0.1) is 0 Å². The molecule has 0 aromatic carbocycles. The summed E-state index contributed by atoms with van der Waals surface area (Å²) >= 11 is 0.712. The molecule has 0 radical (unpaired) electrons. The molecule has 0 spiro atoms. The van der Waals surface area contributed by atoms with Gasteiger partial charge >= 0.3 is 4.87 Å². The normalized spacial score (nSPS) is 18.0. The molecule has 0 atom stereocenters. The van der Waals surface area contributed by atoms with Gasteiger partial charge in [-0.2, -0.15) is 0 Å². The minimum atomic E-state index is -3.66. The number of nitrogens with one attached hydrogen (secondary N) is 2. The van der Waals surface area contributed by atoms with Crippen LogP contribution in [0.4, 0.5) is 0 Å². The van der Waals surface area contributed by atoms with E-state index >= 15 is 0 Å². The molecule has 1 aromatic rings. The molecule has 2 N–H and O–H groups in total. The van der Waals surface area contributed by atoms with Crippen molar-refractivity contribution < 1.29 is 13.2 Å². The number of ether oxygens (including phenoxy) is 1. The topological polar surface area (TPSA) is 91.5 Å². The Morgan fingerprint density at radius 2 is 2.00 bits per heavy atom. The molecule has 9 heteroatoms. The van der Waals surface area contributed by atoms with Crippen LogP contribution < -0.4 is 9.60 Å². The van der Waals surface area contributed by atoms with Crippen LogP contribution in [0.1, 0.15) is 19.5 Å². The van der Waals surface area contributed by atoms with E-state index in [1.165, 1.54) is 0 Å². The molecule has 0 aliphatic carbocycles. The second kappa shape index (κ2) is 6.17. The molecule has 21 heavy (non-hydrogen) atoms. The van der Waals surface area contributed by atoms with Crippen LogP contribution in [-0.2, 0) is 14.8 Å². The largest absolute Gasteiger partial charge is 0.379 e. The number of H-pyrrole nitrogens is 1. The first-order valence-electron chi connectivity index (χ1n) is 6.74. The number of morpholine rings is 1. The maximum absolute atomic E-state index is 12.3. The molecule has 0 unspecified atom stereocenters. The zero-order valence-corrected chi connectivity index (χ0v) is 14.1. The number of aromatic amines is 1. The maximum atomic E-state index is 12.3. The first-order chi connectivity index (χ1) is 9.72. The molecular weight excluding hydrogens is 314 g/mol. The summed E-state index contributed by atoms with van der Waals surface area (Å²) in [5.74, 6) is 0. The number of aryl methyl sites for hydroxylation is 1. The number of rotatable bonds is 5. The first kappa shape index (κ1) is 16.6. The molecule has 2 rings (SSSR count). The quantitative estimate of drug-likeness (QED) is 0.798. The zero-order chi connectivity index (χ0) is 15.7. The fourth-order valence-corrected chi connectivity index (χ4v) is 4.81. The third-order valence-electron chi connectivity index (χ3n) is 3.59. The van der Waals surface area contributed by atoms with Crippen molar-refractivity contribution in [3.63, 3.8) is 0 Å². The smallest absolute Gasteiger partial charge is 0.305 e. The van der Waals surface area contributed by atoms with Crippen LogP contribution in [0.2, 0.25) is 0 Å². The lowest BCUT2D eigenvalue weighted by Gasteiger charge is -2.40. The summed E-state index contributed by atoms with van der Waals surface area (Å²) in [7, 11) is -3.66. The van der Waals surface area contributed by atoms with Gasteiger partial charge in [-0.05, 0) is 20.8 Å². The van der Waals surface area contributed by atoms with Gasteiger partial charge < -0.3 is 9.72 Å². The molecule has 0 bridgehead atoms. The molecule has 1 aliphatic rings. The fourth-order valence-electron chi connectivity index (χ4n) is 2.26. The fraction of sp³-hybridized carbons (Fsp3) is 0.750. The highest BCUT2D eigenvalue weighted by Crippen LogP contribution is 2.19. The standard InChI is InChI=1S/C12H21N3O4S2/c1-9-10(20-11(16)14-9)21(17,18)13-8-12(2,3)15-4-6-19-7-5-15/h13H,4-8H2,1-3H3,(H,14,16). The Kier molecular flexibility index (Phi) is 4.89. The lowest BCUT2D eigenvalue weighted by Crippen LogP contribution is -2.55. The number of aromatic nitrogens is 1. The number of hydrogen-bond acceptors (Lipinski definition) is 6. The van der Waals surface area contributed by atoms with Crippen LogP contribution >= 0.6 is 11.3 Å². The van der Waals surface area contributed by atoms with Gasteiger partial charge in [0.05, 0.1) is 13.2 Å². The second-order valence-corrected chi connectivity index (χ2v) is 8.61. The van der Waals surface area contributed by atoms with Crippen LogP contribution in [0, 0.1) is 6.92 Å². The summed E-state index contributed by atoms with van der Waals surface area (Å²) in [6.45, 7) is 8.74. The molecule has 0 amide bonds. The van der Waals surface area contributed by atoms with Gasteiger partial charge in [0.15, 0.2) is 4.21 Å². The SMILES string of the molecule is Cc1[nH]c(=O)sc1S(=O)(=O)NCC(C)(C)N1CCOCC1. The lowest BCUT2D eigenvalue weighted by molar-refractivity contribution is -0.00803. The summed E-state index contributed by atoms with van der Waals surface area (Å²) in [5.41, 5.74) is 0.0631. The Balaban J connectivity index is 2.07. The molecular formula is C12H21N3O4S2. The van der Waals surface area contributed by atoms with Gasteiger partial charge in [0, 0.05) is 30.9 Å². The second-order valence-electron chi connectivity index (χ2n) is 5.66. The average molecular weight is 335 g/mol. The van der Waals surface area contributed by atoms with E-state index in [2.05, 4.69) is 14.6 Å². The van der Waals surface area contributed by atoms with Crippen molar-refractivity contribution in [1.29, 1.82) is 0 Å². The average Bonchev–Trinajstić information content (AvgIpc) is 2.78. The van der Waals surface area contributed by atoms with Crippen molar-refractivity contribution >= 4 is 21.4 Å². The van der Waals surface area contributed by atoms with Crippen LogP contribution in [0.5, 0.6) is 0 Å². The van der Waals surface area contributed by atoms with Crippen LogP contribution in [0.25, 0.3) is 0 Å². The summed E-state index contributed by atoms with van der Waals surface area (Å²) in [6.07, 6.45) is 0. The Morgan fingerprint density at radius 1 is 1.38 bits per heavy atom. The van der Waals surface area contributed by atoms with Gasteiger partial charge in [-0.25, -0.2) is 13.1 Å². The van der Waals surface area contributed by atoms with Gasteiger partial charge in [-0.1, -0.05) is 11.3 Å². The Labute approximate surface area is 128 Å². The highest BCUT2D eigenvalue weighted by atomic mass is 32.2. The zero-order valence-electron chi connectivity index (χ0n) is 12.4. The van der Waals surface area contributed by atoms with Gasteiger partial charge in [0.2, 0.25) is 0 Å². The van der Waals surface area contributed by atoms with Crippen molar-refractivity contribution in [2.75, 3.05) is 32.8 Å². The van der Waals surface area contributed by atoms with E-state index in [1.54, 1.807) is 6.92 Å². The molecule has 1 aromatic heterocycles. The van der Waals surface area contributed by atoms with Crippen LogP contribution in [0.3, 0.4) is 0 Å². The van der Waals surface area contributed by atoms with Gasteiger partial charge in [0.25, 0.3) is 10.0 Å². The number of sulfonamides is 1. The Morgan fingerprint density at radius 3 is 2.52 bits per heavy atom. The number of hydrogen-bond donors (Lipinski definition) is 2. The molecule has 0 saturated carbocycles.